The second kappa shape index (κ2) is 8.04. The van der Waals surface area contributed by atoms with E-state index in [9.17, 15) is 14.4 Å². The molecule has 2 aromatic rings. The number of amides is 3. The Morgan fingerprint density at radius 1 is 1.07 bits per heavy atom. The molecule has 5 N–H and O–H groups in total. The second-order valence-electron chi connectivity index (χ2n) is 8.68. The maximum atomic E-state index is 12.5. The van der Waals surface area contributed by atoms with Crippen molar-refractivity contribution in [1.82, 2.24) is 15.6 Å². The highest BCUT2D eigenvalue weighted by molar-refractivity contribution is 6.03. The zero-order chi connectivity index (χ0) is 21.1. The lowest BCUT2D eigenvalue weighted by molar-refractivity contribution is -0.139. The van der Waals surface area contributed by atoms with E-state index < -0.39 is 22.6 Å². The van der Waals surface area contributed by atoms with Crippen LogP contribution < -0.4 is 16.4 Å². The number of primary amides is 1. The molecule has 1 atom stereocenters. The van der Waals surface area contributed by atoms with Gasteiger partial charge in [0.15, 0.2) is 0 Å². The first kappa shape index (κ1) is 21.5. The molecule has 0 bridgehead atoms. The summed E-state index contributed by atoms with van der Waals surface area (Å²) in [4.78, 5) is 39.6. The molecule has 3 amide bonds. The number of aromatic nitrogens is 1. The molecule has 0 aliphatic carbocycles. The number of benzene rings is 1. The normalized spacial score (nSPS) is 13.2. The van der Waals surface area contributed by atoms with Crippen LogP contribution in [0, 0.1) is 10.8 Å². The van der Waals surface area contributed by atoms with Crippen molar-refractivity contribution in [2.24, 2.45) is 16.6 Å². The highest BCUT2D eigenvalue weighted by Gasteiger charge is 2.34. The summed E-state index contributed by atoms with van der Waals surface area (Å²) in [7, 11) is 0. The van der Waals surface area contributed by atoms with Crippen LogP contribution in [0.5, 0.6) is 0 Å². The van der Waals surface area contributed by atoms with Gasteiger partial charge in [0.1, 0.15) is 5.41 Å². The summed E-state index contributed by atoms with van der Waals surface area (Å²) in [5.74, 6) is -1.27. The van der Waals surface area contributed by atoms with E-state index in [1.165, 1.54) is 13.8 Å². The molecule has 0 spiro atoms. The molecule has 0 fully saturated rings. The molecular formula is C21H30N4O3. The number of hydrogen-bond donors (Lipinski definition) is 4. The lowest BCUT2D eigenvalue weighted by atomic mass is 9.91. The van der Waals surface area contributed by atoms with Crippen LogP contribution in [0.4, 0.5) is 0 Å². The van der Waals surface area contributed by atoms with E-state index >= 15 is 0 Å². The van der Waals surface area contributed by atoms with Gasteiger partial charge in [0, 0.05) is 29.1 Å². The van der Waals surface area contributed by atoms with E-state index in [4.69, 9.17) is 5.73 Å². The van der Waals surface area contributed by atoms with Crippen LogP contribution in [0.2, 0.25) is 0 Å². The number of nitrogens with two attached hydrogens (primary N) is 1. The predicted molar refractivity (Wildman–Crippen MR) is 109 cm³/mol. The first-order valence-electron chi connectivity index (χ1n) is 9.37. The summed E-state index contributed by atoms with van der Waals surface area (Å²) in [6, 6.07) is 7.57. The van der Waals surface area contributed by atoms with E-state index in [0.717, 1.165) is 16.5 Å². The molecule has 7 heteroatoms. The van der Waals surface area contributed by atoms with Crippen LogP contribution >= 0.6 is 0 Å². The third-order valence-corrected chi connectivity index (χ3v) is 4.85. The molecule has 0 radical (unpaired) electrons. The SMILES string of the molecule is CC(C)(C)C(=O)N[C@@H](CNC(=O)C(C)(C)C(N)=O)Cc1c[nH]c2ccccc12. The van der Waals surface area contributed by atoms with Crippen LogP contribution in [0.1, 0.15) is 40.2 Å². The van der Waals surface area contributed by atoms with E-state index in [0.29, 0.717) is 6.42 Å². The second-order valence-corrected chi connectivity index (χ2v) is 8.68. The lowest BCUT2D eigenvalue weighted by Crippen LogP contribution is -2.52. The first-order chi connectivity index (χ1) is 12.9. The van der Waals surface area contributed by atoms with Crippen molar-refractivity contribution in [2.45, 2.75) is 47.1 Å². The van der Waals surface area contributed by atoms with Crippen molar-refractivity contribution in [2.75, 3.05) is 6.54 Å². The lowest BCUT2D eigenvalue weighted by Gasteiger charge is -2.26. The van der Waals surface area contributed by atoms with Gasteiger partial charge in [0.2, 0.25) is 17.7 Å². The zero-order valence-electron chi connectivity index (χ0n) is 17.2. The summed E-state index contributed by atoms with van der Waals surface area (Å²) >= 11 is 0. The number of rotatable bonds is 7. The molecule has 1 heterocycles. The average Bonchev–Trinajstić information content (AvgIpc) is 3.01. The molecule has 0 aliphatic rings. The number of H-pyrrole nitrogens is 1. The summed E-state index contributed by atoms with van der Waals surface area (Å²) in [5, 5.41) is 6.84. The monoisotopic (exact) mass is 386 g/mol. The molecule has 1 aromatic carbocycles. The number of nitrogens with one attached hydrogen (secondary N) is 3. The van der Waals surface area contributed by atoms with Crippen molar-refractivity contribution < 1.29 is 14.4 Å². The number of aromatic amines is 1. The molecule has 1 aromatic heterocycles. The maximum Gasteiger partial charge on any atom is 0.235 e. The molecule has 0 saturated carbocycles. The van der Waals surface area contributed by atoms with Crippen LogP contribution in [0.15, 0.2) is 30.5 Å². The Labute approximate surface area is 165 Å². The van der Waals surface area contributed by atoms with Gasteiger partial charge < -0.3 is 21.4 Å². The minimum Gasteiger partial charge on any atom is -0.369 e. The topological polar surface area (TPSA) is 117 Å². The van der Waals surface area contributed by atoms with Crippen LogP contribution in [0.25, 0.3) is 10.9 Å². The van der Waals surface area contributed by atoms with E-state index in [-0.39, 0.29) is 18.5 Å². The highest BCUT2D eigenvalue weighted by atomic mass is 16.2. The molecule has 7 nitrogen and oxygen atoms in total. The van der Waals surface area contributed by atoms with Gasteiger partial charge in [-0.15, -0.1) is 0 Å². The van der Waals surface area contributed by atoms with Gasteiger partial charge >= 0.3 is 0 Å². The van der Waals surface area contributed by atoms with Gasteiger partial charge in [0.25, 0.3) is 0 Å². The molecule has 0 unspecified atom stereocenters. The molecule has 2 rings (SSSR count). The summed E-state index contributed by atoms with van der Waals surface area (Å²) < 4.78 is 0. The van der Waals surface area contributed by atoms with E-state index in [2.05, 4.69) is 15.6 Å². The Bertz CT molecular complexity index is 877. The van der Waals surface area contributed by atoms with Crippen molar-refractivity contribution in [3.63, 3.8) is 0 Å². The predicted octanol–water partition coefficient (Wildman–Crippen LogP) is 1.87. The fraction of sp³-hybridized carbons (Fsp3) is 0.476. The Morgan fingerprint density at radius 2 is 1.71 bits per heavy atom. The standard InChI is InChI=1S/C21H30N4O3/c1-20(2,3)18(27)25-14(12-24-19(28)21(4,5)17(22)26)10-13-11-23-16-9-7-6-8-15(13)16/h6-9,11,14,23H,10,12H2,1-5H3,(H2,22,26)(H,24,28)(H,25,27)/t14-/m1/s1. The van der Waals surface area contributed by atoms with Crippen molar-refractivity contribution in [3.8, 4) is 0 Å². The Kier molecular flexibility index (Phi) is 6.17. The fourth-order valence-electron chi connectivity index (χ4n) is 2.69. The Balaban J connectivity index is 2.18. The average molecular weight is 386 g/mol. The molecular weight excluding hydrogens is 356 g/mol. The smallest absolute Gasteiger partial charge is 0.235 e. The molecule has 152 valence electrons. The molecule has 28 heavy (non-hydrogen) atoms. The van der Waals surface area contributed by atoms with Crippen LogP contribution in [-0.4, -0.2) is 35.3 Å². The summed E-state index contributed by atoms with van der Waals surface area (Å²) in [5.41, 5.74) is 5.48. The van der Waals surface area contributed by atoms with Crippen molar-refractivity contribution in [3.05, 3.63) is 36.0 Å². The summed E-state index contributed by atoms with van der Waals surface area (Å²) in [6.45, 7) is 8.65. The van der Waals surface area contributed by atoms with Gasteiger partial charge in [-0.25, -0.2) is 0 Å². The van der Waals surface area contributed by atoms with Crippen molar-refractivity contribution in [1.29, 1.82) is 0 Å². The quantitative estimate of drug-likeness (QED) is 0.544. The Hall–Kier alpha value is -2.83. The minimum absolute atomic E-state index is 0.110. The number of fused-ring (bicyclic) bond motifs is 1. The van der Waals surface area contributed by atoms with Gasteiger partial charge in [0.05, 0.1) is 6.04 Å². The summed E-state index contributed by atoms with van der Waals surface area (Å²) in [6.07, 6.45) is 2.44. The van der Waals surface area contributed by atoms with E-state index in [1.54, 1.807) is 0 Å². The Morgan fingerprint density at radius 3 is 2.32 bits per heavy atom. The van der Waals surface area contributed by atoms with Crippen LogP contribution in [-0.2, 0) is 20.8 Å². The van der Waals surface area contributed by atoms with Crippen LogP contribution in [0.3, 0.4) is 0 Å². The van der Waals surface area contributed by atoms with E-state index in [1.807, 2.05) is 51.2 Å². The number of carbonyl (C=O) groups excluding carboxylic acids is 3. The third kappa shape index (κ3) is 4.91. The molecule has 0 saturated heterocycles. The first-order valence-corrected chi connectivity index (χ1v) is 9.37. The highest BCUT2D eigenvalue weighted by Crippen LogP contribution is 2.20. The number of para-hydroxylation sites is 1. The molecule has 0 aliphatic heterocycles. The third-order valence-electron chi connectivity index (χ3n) is 4.85. The van der Waals surface area contributed by atoms with Gasteiger partial charge in [-0.1, -0.05) is 39.0 Å². The van der Waals surface area contributed by atoms with Crippen molar-refractivity contribution >= 4 is 28.6 Å². The number of hydrogen-bond acceptors (Lipinski definition) is 3. The zero-order valence-corrected chi connectivity index (χ0v) is 17.2. The number of carbonyl (C=O) groups is 3. The maximum absolute atomic E-state index is 12.5. The minimum atomic E-state index is -1.32. The fourth-order valence-corrected chi connectivity index (χ4v) is 2.69. The largest absolute Gasteiger partial charge is 0.369 e. The van der Waals surface area contributed by atoms with Gasteiger partial charge in [-0.05, 0) is 31.9 Å². The van der Waals surface area contributed by atoms with Gasteiger partial charge in [-0.3, -0.25) is 14.4 Å². The van der Waals surface area contributed by atoms with Gasteiger partial charge in [-0.2, -0.15) is 0 Å².